The van der Waals surface area contributed by atoms with E-state index in [9.17, 15) is 10.0 Å². The molecule has 1 heterocycles. The quantitative estimate of drug-likeness (QED) is 0.483. The molecule has 3 nitrogen and oxygen atoms in total. The topological polar surface area (TPSA) is 45.4 Å². The number of hydrogen-bond acceptors (Lipinski definition) is 2. The zero-order chi connectivity index (χ0) is 17.7. The molecule has 124 valence electrons. The number of rotatable bonds is 2. The lowest BCUT2D eigenvalue weighted by molar-refractivity contribution is 0.426. The summed E-state index contributed by atoms with van der Waals surface area (Å²) in [7, 11) is -1.51. The molecule has 0 saturated carbocycles. The lowest BCUT2D eigenvalue weighted by atomic mass is 9.77. The fourth-order valence-corrected chi connectivity index (χ4v) is 3.85. The predicted molar refractivity (Wildman–Crippen MR) is 108 cm³/mol. The van der Waals surface area contributed by atoms with Crippen LogP contribution in [0, 0.1) is 0 Å². The fourth-order valence-electron chi connectivity index (χ4n) is 3.85. The zero-order valence-corrected chi connectivity index (χ0v) is 14.0. The van der Waals surface area contributed by atoms with Crippen LogP contribution in [-0.2, 0) is 0 Å². The average molecular weight is 337 g/mol. The van der Waals surface area contributed by atoms with Crippen LogP contribution in [-0.4, -0.2) is 21.7 Å². The van der Waals surface area contributed by atoms with Crippen LogP contribution in [0.5, 0.6) is 0 Å². The Morgan fingerprint density at radius 2 is 1.35 bits per heavy atom. The van der Waals surface area contributed by atoms with Gasteiger partial charge >= 0.3 is 7.12 Å². The summed E-state index contributed by atoms with van der Waals surface area (Å²) < 4.78 is 2.18. The predicted octanol–water partition coefficient (Wildman–Crippen LogP) is 3.62. The Balaban J connectivity index is 2.04. The van der Waals surface area contributed by atoms with Gasteiger partial charge in [-0.25, -0.2) is 0 Å². The Hall–Kier alpha value is -3.08. The van der Waals surface area contributed by atoms with Crippen LogP contribution in [0.1, 0.15) is 0 Å². The van der Waals surface area contributed by atoms with E-state index in [0.29, 0.717) is 5.46 Å². The molecule has 0 aliphatic rings. The third kappa shape index (κ3) is 2.17. The molecule has 0 unspecified atom stereocenters. The minimum atomic E-state index is -1.51. The third-order valence-corrected chi connectivity index (χ3v) is 4.98. The van der Waals surface area contributed by atoms with Gasteiger partial charge in [-0.1, -0.05) is 54.6 Å². The smallest absolute Gasteiger partial charge is 0.423 e. The largest absolute Gasteiger partial charge is 0.489 e. The first-order valence-electron chi connectivity index (χ1n) is 8.61. The summed E-state index contributed by atoms with van der Waals surface area (Å²) in [6, 6.07) is 28.4. The fraction of sp³-hybridized carbons (Fsp3) is 0. The molecule has 0 atom stereocenters. The summed E-state index contributed by atoms with van der Waals surface area (Å²) in [4.78, 5) is 0. The van der Waals surface area contributed by atoms with Gasteiger partial charge in [0, 0.05) is 16.5 Å². The van der Waals surface area contributed by atoms with Crippen LogP contribution in [0.3, 0.4) is 0 Å². The van der Waals surface area contributed by atoms with Crippen LogP contribution in [0.15, 0.2) is 84.9 Å². The second kappa shape index (κ2) is 5.73. The number of hydrogen-bond donors (Lipinski definition) is 2. The monoisotopic (exact) mass is 337 g/mol. The lowest BCUT2D eigenvalue weighted by Crippen LogP contribution is -2.30. The van der Waals surface area contributed by atoms with Gasteiger partial charge in [0.25, 0.3) is 0 Å². The van der Waals surface area contributed by atoms with Crippen molar-refractivity contribution in [1.82, 2.24) is 4.57 Å². The van der Waals surface area contributed by atoms with E-state index < -0.39 is 7.12 Å². The molecule has 4 heteroatoms. The molecule has 0 saturated heterocycles. The molecule has 26 heavy (non-hydrogen) atoms. The van der Waals surface area contributed by atoms with Crippen molar-refractivity contribution in [3.63, 3.8) is 0 Å². The number of fused-ring (bicyclic) bond motifs is 4. The van der Waals surface area contributed by atoms with E-state index in [1.165, 1.54) is 0 Å². The van der Waals surface area contributed by atoms with Crippen molar-refractivity contribution in [3.05, 3.63) is 84.9 Å². The van der Waals surface area contributed by atoms with Gasteiger partial charge in [-0.3, -0.25) is 0 Å². The molecule has 5 rings (SSSR count). The highest BCUT2D eigenvalue weighted by molar-refractivity contribution is 6.63. The molecular weight excluding hydrogens is 321 g/mol. The van der Waals surface area contributed by atoms with Gasteiger partial charge in [0.15, 0.2) is 0 Å². The zero-order valence-electron chi connectivity index (χ0n) is 14.0. The molecule has 4 aromatic carbocycles. The summed E-state index contributed by atoms with van der Waals surface area (Å²) in [5.74, 6) is 0. The van der Waals surface area contributed by atoms with E-state index >= 15 is 0 Å². The number of para-hydroxylation sites is 1. The molecule has 0 radical (unpaired) electrons. The van der Waals surface area contributed by atoms with Crippen LogP contribution in [0.25, 0.3) is 38.3 Å². The first kappa shape index (κ1) is 15.2. The van der Waals surface area contributed by atoms with Gasteiger partial charge in [0.1, 0.15) is 0 Å². The summed E-state index contributed by atoms with van der Waals surface area (Å²) in [6.07, 6.45) is 0. The van der Waals surface area contributed by atoms with Crippen molar-refractivity contribution >= 4 is 45.2 Å². The van der Waals surface area contributed by atoms with Crippen LogP contribution < -0.4 is 5.46 Å². The summed E-state index contributed by atoms with van der Waals surface area (Å²) >= 11 is 0. The molecule has 2 N–H and O–H groups in total. The lowest BCUT2D eigenvalue weighted by Gasteiger charge is -2.08. The van der Waals surface area contributed by atoms with Crippen molar-refractivity contribution < 1.29 is 10.0 Å². The van der Waals surface area contributed by atoms with E-state index in [0.717, 1.165) is 38.3 Å². The maximum absolute atomic E-state index is 9.92. The van der Waals surface area contributed by atoms with Gasteiger partial charge in [-0.2, -0.15) is 0 Å². The second-order valence-corrected chi connectivity index (χ2v) is 6.50. The Morgan fingerprint density at radius 1 is 0.654 bits per heavy atom. The van der Waals surface area contributed by atoms with Gasteiger partial charge in [0.05, 0.1) is 11.0 Å². The molecule has 0 fully saturated rings. The normalized spacial score (nSPS) is 11.5. The Kier molecular flexibility index (Phi) is 3.35. The summed E-state index contributed by atoms with van der Waals surface area (Å²) in [6.45, 7) is 0. The second-order valence-electron chi connectivity index (χ2n) is 6.50. The van der Waals surface area contributed by atoms with Crippen molar-refractivity contribution in [3.8, 4) is 5.69 Å². The summed E-state index contributed by atoms with van der Waals surface area (Å²) in [5, 5.41) is 24.0. The van der Waals surface area contributed by atoms with E-state index in [4.69, 9.17) is 0 Å². The first-order valence-corrected chi connectivity index (χ1v) is 8.61. The van der Waals surface area contributed by atoms with Crippen molar-refractivity contribution in [2.45, 2.75) is 0 Å². The van der Waals surface area contributed by atoms with Gasteiger partial charge in [0.2, 0.25) is 0 Å². The average Bonchev–Trinajstić information content (AvgIpc) is 3.00. The molecular formula is C22H16BNO2. The van der Waals surface area contributed by atoms with Gasteiger partial charge < -0.3 is 14.6 Å². The van der Waals surface area contributed by atoms with Gasteiger partial charge in [-0.05, 0) is 46.6 Å². The molecule has 0 aliphatic heterocycles. The molecule has 1 aromatic heterocycles. The standard InChI is InChI=1S/C22H16BNO2/c25-23(26)19-11-6-12-20-22(19)18-13-15-7-4-5-8-16(15)14-21(18)24(20)17-9-2-1-3-10-17/h1-14,25-26H. The van der Waals surface area contributed by atoms with Crippen LogP contribution in [0.2, 0.25) is 0 Å². The Bertz CT molecular complexity index is 1260. The van der Waals surface area contributed by atoms with E-state index in [2.05, 4.69) is 41.0 Å². The molecule has 0 amide bonds. The maximum Gasteiger partial charge on any atom is 0.489 e. The molecule has 0 aliphatic carbocycles. The minimum Gasteiger partial charge on any atom is -0.423 e. The van der Waals surface area contributed by atoms with Crippen molar-refractivity contribution in [1.29, 1.82) is 0 Å². The highest BCUT2D eigenvalue weighted by atomic mass is 16.4. The summed E-state index contributed by atoms with van der Waals surface area (Å²) in [5.41, 5.74) is 3.59. The SMILES string of the molecule is OB(O)c1cccc2c1c1cc3ccccc3cc1n2-c1ccccc1. The Labute approximate surface area is 150 Å². The van der Waals surface area contributed by atoms with Gasteiger partial charge in [-0.15, -0.1) is 0 Å². The highest BCUT2D eigenvalue weighted by Crippen LogP contribution is 2.34. The van der Waals surface area contributed by atoms with Crippen molar-refractivity contribution in [2.75, 3.05) is 0 Å². The number of aromatic nitrogens is 1. The molecule has 0 spiro atoms. The van der Waals surface area contributed by atoms with Crippen LogP contribution in [0.4, 0.5) is 0 Å². The third-order valence-electron chi connectivity index (χ3n) is 4.98. The number of benzene rings is 4. The van der Waals surface area contributed by atoms with E-state index in [1.807, 2.05) is 42.5 Å². The van der Waals surface area contributed by atoms with E-state index in [1.54, 1.807) is 6.07 Å². The van der Waals surface area contributed by atoms with E-state index in [-0.39, 0.29) is 0 Å². The highest BCUT2D eigenvalue weighted by Gasteiger charge is 2.21. The first-order chi connectivity index (χ1) is 12.7. The molecule has 5 aromatic rings. The maximum atomic E-state index is 9.92. The number of nitrogens with zero attached hydrogens (tertiary/aromatic N) is 1. The van der Waals surface area contributed by atoms with Crippen molar-refractivity contribution in [2.24, 2.45) is 0 Å². The Morgan fingerprint density at radius 3 is 2.08 bits per heavy atom. The van der Waals surface area contributed by atoms with Crippen LogP contribution >= 0.6 is 0 Å². The minimum absolute atomic E-state index is 0.525. The molecule has 0 bridgehead atoms.